The van der Waals surface area contributed by atoms with Crippen LogP contribution in [0.1, 0.15) is 29.5 Å². The first-order valence-corrected chi connectivity index (χ1v) is 33.7. The molecule has 0 spiro atoms. The molecule has 0 bridgehead atoms. The van der Waals surface area contributed by atoms with E-state index < -0.39 is 26.1 Å². The summed E-state index contributed by atoms with van der Waals surface area (Å²) in [7, 11) is 0. The average Bonchev–Trinajstić information content (AvgIpc) is 3.24. The van der Waals surface area contributed by atoms with Crippen LogP contribution in [0.5, 0.6) is 0 Å². The molecule has 2 atom stereocenters. The molecule has 0 aromatic heterocycles. The number of benzene rings is 2. The number of fused-ring (bicyclic) bond motifs is 2. The van der Waals surface area contributed by atoms with Crippen molar-refractivity contribution in [2.24, 2.45) is 0 Å². The van der Waals surface area contributed by atoms with Crippen molar-refractivity contribution >= 4 is 54.2 Å². The molecule has 2 aromatic carbocycles. The van der Waals surface area contributed by atoms with Gasteiger partial charge in [-0.25, -0.2) is 0 Å². The van der Waals surface area contributed by atoms with Crippen molar-refractivity contribution in [3.63, 3.8) is 0 Å². The van der Waals surface area contributed by atoms with E-state index >= 15 is 0 Å². The zero-order chi connectivity index (χ0) is 20.4. The second-order valence-corrected chi connectivity index (χ2v) is 87.6. The second-order valence-electron chi connectivity index (χ2n) is 11.1. The van der Waals surface area contributed by atoms with Crippen molar-refractivity contribution in [2.75, 3.05) is 0 Å². The van der Waals surface area contributed by atoms with E-state index in [-0.39, 0.29) is 24.8 Å². The molecule has 30 heavy (non-hydrogen) atoms. The fraction of sp³-hybridized carbons (Fsp3) is 0.333. The maximum Gasteiger partial charge on any atom is -0.147 e. The predicted octanol–water partition coefficient (Wildman–Crippen LogP) is 7.27. The molecule has 0 fully saturated rings. The molecule has 0 radical (unpaired) electrons. The van der Waals surface area contributed by atoms with E-state index in [1.165, 1.54) is 11.1 Å². The zero-order valence-electron chi connectivity index (χ0n) is 19.1. The summed E-state index contributed by atoms with van der Waals surface area (Å²) in [4.78, 5) is 0. The van der Waals surface area contributed by atoms with Gasteiger partial charge in [0.25, 0.3) is 0 Å². The number of hydrogen-bond donors (Lipinski definition) is 0. The predicted molar refractivity (Wildman–Crippen MR) is 146 cm³/mol. The van der Waals surface area contributed by atoms with Crippen molar-refractivity contribution in [1.82, 2.24) is 0 Å². The molecule has 0 amide bonds. The monoisotopic (exact) mass is 568 g/mol. The van der Waals surface area contributed by atoms with Crippen molar-refractivity contribution in [1.29, 1.82) is 0 Å². The number of allylic oxidation sites excluding steroid dienone is 2. The fourth-order valence-corrected chi connectivity index (χ4v) is 115. The molecular formula is C24H36Cl2Si3Zr. The van der Waals surface area contributed by atoms with Crippen LogP contribution in [0.3, 0.4) is 0 Å². The summed E-state index contributed by atoms with van der Waals surface area (Å²) in [5, 5.41) is -2.96. The van der Waals surface area contributed by atoms with Gasteiger partial charge >= 0.3 is 175 Å². The van der Waals surface area contributed by atoms with Crippen molar-refractivity contribution in [3.8, 4) is 0 Å². The maximum absolute atomic E-state index is 3.48. The van der Waals surface area contributed by atoms with Gasteiger partial charge < -0.3 is 0 Å². The van der Waals surface area contributed by atoms with E-state index in [1.807, 2.05) is 0 Å². The van der Waals surface area contributed by atoms with Crippen LogP contribution in [0.15, 0.2) is 60.7 Å². The molecule has 2 aromatic rings. The van der Waals surface area contributed by atoms with Gasteiger partial charge in [0.15, 0.2) is 0 Å². The molecule has 162 valence electrons. The van der Waals surface area contributed by atoms with E-state index in [4.69, 9.17) is 0 Å². The number of hydrogen-bond acceptors (Lipinski definition) is 0. The second kappa shape index (κ2) is 8.43. The first-order chi connectivity index (χ1) is 13.0. The Morgan fingerprint density at radius 2 is 0.967 bits per heavy atom. The fourth-order valence-electron chi connectivity index (χ4n) is 6.83. The molecule has 0 aliphatic heterocycles. The zero-order valence-corrected chi connectivity index (χ0v) is 26.6. The third-order valence-electron chi connectivity index (χ3n) is 8.56. The molecule has 2 unspecified atom stereocenters. The Bertz CT molecular complexity index is 989. The first-order valence-electron chi connectivity index (χ1n) is 10.6. The Morgan fingerprint density at radius 1 is 0.633 bits per heavy atom. The van der Waals surface area contributed by atoms with Gasteiger partial charge in [-0.3, -0.25) is 0 Å². The van der Waals surface area contributed by atoms with Crippen LogP contribution in [0.4, 0.5) is 0 Å². The molecule has 0 saturated heterocycles. The number of halogens is 2. The summed E-state index contributed by atoms with van der Waals surface area (Å²) in [6, 6.07) is 18.5. The van der Waals surface area contributed by atoms with Crippen LogP contribution in [-0.4, -0.2) is 17.3 Å². The van der Waals surface area contributed by atoms with Gasteiger partial charge in [-0.1, -0.05) is 0 Å². The first kappa shape index (κ1) is 26.3. The Kier molecular flexibility index (Phi) is 7.38. The largest absolute Gasteiger partial charge is 0.147 e. The normalized spacial score (nSPS) is 20.2. The molecule has 0 heterocycles. The quantitative estimate of drug-likeness (QED) is 0.339. The molecule has 0 saturated carbocycles. The van der Waals surface area contributed by atoms with Crippen LogP contribution in [0.2, 0.25) is 39.3 Å². The van der Waals surface area contributed by atoms with E-state index in [0.717, 1.165) is 0 Å². The third-order valence-corrected chi connectivity index (χ3v) is 154. The summed E-state index contributed by atoms with van der Waals surface area (Å²) >= 11 is -3.48. The maximum atomic E-state index is 2.73. The minimum atomic E-state index is -3.48. The van der Waals surface area contributed by atoms with Gasteiger partial charge in [0.2, 0.25) is 0 Å². The molecule has 4 rings (SSSR count). The van der Waals surface area contributed by atoms with E-state index in [1.54, 1.807) is 11.1 Å². The van der Waals surface area contributed by atoms with Gasteiger partial charge in [0.05, 0.1) is 0 Å². The van der Waals surface area contributed by atoms with Crippen LogP contribution in [0, 0.1) is 0 Å². The van der Waals surface area contributed by atoms with Crippen LogP contribution in [0.25, 0.3) is 12.2 Å². The summed E-state index contributed by atoms with van der Waals surface area (Å²) in [5.74, 6) is 0. The molecule has 0 N–H and O–H groups in total. The van der Waals surface area contributed by atoms with Crippen LogP contribution < -0.4 is 0 Å². The van der Waals surface area contributed by atoms with Crippen LogP contribution >= 0.6 is 24.8 Å². The van der Waals surface area contributed by atoms with E-state index in [2.05, 4.69) is 119 Å². The Hall–Kier alpha value is 0.0338. The smallest absolute Gasteiger partial charge is 0.147 e. The van der Waals surface area contributed by atoms with Crippen molar-refractivity contribution in [3.05, 3.63) is 82.9 Å². The minimum absolute atomic E-state index is 0. The van der Waals surface area contributed by atoms with Gasteiger partial charge in [-0.2, -0.15) is 0 Å². The van der Waals surface area contributed by atoms with Gasteiger partial charge in [-0.15, -0.1) is 24.8 Å². The third kappa shape index (κ3) is 3.20. The Morgan fingerprint density at radius 3 is 1.30 bits per heavy atom. The van der Waals surface area contributed by atoms with Crippen LogP contribution in [-0.2, 0) is 15.7 Å². The van der Waals surface area contributed by atoms with Crippen molar-refractivity contribution in [2.45, 2.75) is 46.5 Å². The summed E-state index contributed by atoms with van der Waals surface area (Å²) in [6.07, 6.45) is 10.2. The standard InChI is InChI=1S/2C9H7.2C3H9Si.2ClH.H2Si.Zr/c2*1-2-5-9-7-3-6-8(9)4-1;2*1-4(2)3;;;;/h2*1-7H;2*1-3H3;2*1H;1H2;. The van der Waals surface area contributed by atoms with E-state index in [9.17, 15) is 0 Å². The van der Waals surface area contributed by atoms with E-state index in [0.29, 0.717) is 7.25 Å². The summed E-state index contributed by atoms with van der Waals surface area (Å²) in [6.45, 7) is 19.0. The average molecular weight is 571 g/mol. The molecule has 2 aliphatic rings. The van der Waals surface area contributed by atoms with Gasteiger partial charge in [-0.05, 0) is 0 Å². The molecular weight excluding hydrogens is 535 g/mol. The molecule has 0 nitrogen and oxygen atoms in total. The van der Waals surface area contributed by atoms with Gasteiger partial charge in [0, 0.05) is 0 Å². The minimum Gasteiger partial charge on any atom is -0.147 e. The van der Waals surface area contributed by atoms with Gasteiger partial charge in [0.1, 0.15) is 0 Å². The molecule has 6 heteroatoms. The molecule has 2 aliphatic carbocycles. The Balaban J connectivity index is 0.00000160. The summed E-state index contributed by atoms with van der Waals surface area (Å²) in [5.41, 5.74) is 6.24. The number of rotatable bonds is 4. The Labute approximate surface area is 197 Å². The summed E-state index contributed by atoms with van der Waals surface area (Å²) < 4.78 is 1.38. The SMILES string of the molecule is C[Si](C)(C)[Zr](=[SiH2])([CH]1C=Cc2ccccc21)([CH]1C=Cc2ccccc21)[Si](C)(C)C.Cl.Cl. The van der Waals surface area contributed by atoms with Crippen molar-refractivity contribution < 1.29 is 15.7 Å². The topological polar surface area (TPSA) is 0 Å².